The quantitative estimate of drug-likeness (QED) is 0.785. The van der Waals surface area contributed by atoms with E-state index in [9.17, 15) is 0 Å². The zero-order valence-corrected chi connectivity index (χ0v) is 12.3. The Balaban J connectivity index is 2.31. The monoisotopic (exact) mass is 271 g/mol. The molecule has 0 amide bonds. The van der Waals surface area contributed by atoms with Gasteiger partial charge >= 0.3 is 0 Å². The number of rotatable bonds is 1. The summed E-state index contributed by atoms with van der Waals surface area (Å²) in [5, 5.41) is 0.524. The van der Waals surface area contributed by atoms with Crippen LogP contribution in [-0.2, 0) is 0 Å². The van der Waals surface area contributed by atoms with Crippen LogP contribution in [0.25, 0.3) is 0 Å². The highest BCUT2D eigenvalue weighted by Gasteiger charge is 2.29. The van der Waals surface area contributed by atoms with Crippen molar-refractivity contribution in [2.24, 2.45) is 0 Å². The van der Waals surface area contributed by atoms with Gasteiger partial charge < -0.3 is 4.90 Å². The van der Waals surface area contributed by atoms with Crippen LogP contribution in [0.2, 0.25) is 5.15 Å². The molecule has 94 valence electrons. The first kappa shape index (κ1) is 13.0. The number of thioether (sulfide) groups is 1. The summed E-state index contributed by atoms with van der Waals surface area (Å²) < 4.78 is 0.252. The van der Waals surface area contributed by atoms with E-state index in [1.165, 1.54) is 0 Å². The van der Waals surface area contributed by atoms with Crippen LogP contribution in [0.1, 0.15) is 25.2 Å². The molecule has 0 N–H and O–H groups in total. The van der Waals surface area contributed by atoms with Crippen LogP contribution in [0.5, 0.6) is 0 Å². The van der Waals surface area contributed by atoms with E-state index in [2.05, 4.69) is 28.7 Å². The van der Waals surface area contributed by atoms with Gasteiger partial charge in [0, 0.05) is 23.6 Å². The van der Waals surface area contributed by atoms with Gasteiger partial charge in [-0.3, -0.25) is 0 Å². The number of aryl methyl sites for hydroxylation is 2. The first-order chi connectivity index (χ1) is 7.89. The van der Waals surface area contributed by atoms with Gasteiger partial charge in [0.15, 0.2) is 11.0 Å². The lowest BCUT2D eigenvalue weighted by atomic mass is 10.2. The third-order valence-corrected chi connectivity index (χ3v) is 4.52. The first-order valence-corrected chi connectivity index (χ1v) is 7.15. The number of nitrogens with zero attached hydrogens (tertiary/aromatic N) is 3. The smallest absolute Gasteiger partial charge is 0.171 e. The van der Waals surface area contributed by atoms with E-state index in [0.717, 1.165) is 36.0 Å². The van der Waals surface area contributed by atoms with Crippen molar-refractivity contribution >= 4 is 29.2 Å². The molecule has 2 heterocycles. The fourth-order valence-electron chi connectivity index (χ4n) is 1.96. The predicted molar refractivity (Wildman–Crippen MR) is 75.3 cm³/mol. The molecule has 1 fully saturated rings. The molecular weight excluding hydrogens is 254 g/mol. The van der Waals surface area contributed by atoms with E-state index in [0.29, 0.717) is 5.15 Å². The lowest BCUT2D eigenvalue weighted by molar-refractivity contribution is 0.640. The second-order valence-electron chi connectivity index (χ2n) is 5.04. The molecule has 5 heteroatoms. The normalized spacial score (nSPS) is 19.5. The van der Waals surface area contributed by atoms with Crippen molar-refractivity contribution < 1.29 is 0 Å². The maximum absolute atomic E-state index is 6.21. The Kier molecular flexibility index (Phi) is 3.55. The zero-order valence-electron chi connectivity index (χ0n) is 10.7. The molecule has 1 aromatic rings. The van der Waals surface area contributed by atoms with Gasteiger partial charge in [-0.25, -0.2) is 9.97 Å². The van der Waals surface area contributed by atoms with Crippen molar-refractivity contribution in [2.45, 2.75) is 32.4 Å². The first-order valence-electron chi connectivity index (χ1n) is 5.79. The van der Waals surface area contributed by atoms with E-state index in [-0.39, 0.29) is 4.75 Å². The third kappa shape index (κ3) is 2.86. The Morgan fingerprint density at radius 1 is 1.24 bits per heavy atom. The molecule has 0 aromatic carbocycles. The summed E-state index contributed by atoms with van der Waals surface area (Å²) in [6.07, 6.45) is 0. The Labute approximate surface area is 112 Å². The second kappa shape index (κ2) is 4.65. The van der Waals surface area contributed by atoms with E-state index >= 15 is 0 Å². The molecule has 0 bridgehead atoms. The molecule has 1 saturated heterocycles. The molecule has 17 heavy (non-hydrogen) atoms. The van der Waals surface area contributed by atoms with Crippen LogP contribution in [0.4, 0.5) is 5.82 Å². The van der Waals surface area contributed by atoms with E-state index in [1.54, 1.807) is 0 Å². The lowest BCUT2D eigenvalue weighted by Crippen LogP contribution is -2.43. The molecular formula is C12H18ClN3S. The summed E-state index contributed by atoms with van der Waals surface area (Å²) in [5.74, 6) is 1.95. The van der Waals surface area contributed by atoms with Crippen LogP contribution < -0.4 is 4.90 Å². The van der Waals surface area contributed by atoms with Gasteiger partial charge in [-0.15, -0.1) is 0 Å². The third-order valence-electron chi connectivity index (χ3n) is 2.97. The molecule has 0 spiro atoms. The fourth-order valence-corrected chi connectivity index (χ4v) is 3.36. The SMILES string of the molecule is Cc1nc(Cl)c(N2CCSC(C)(C)C2)nc1C. The highest BCUT2D eigenvalue weighted by molar-refractivity contribution is 8.00. The number of hydrogen-bond donors (Lipinski definition) is 0. The largest absolute Gasteiger partial charge is 0.352 e. The Bertz CT molecular complexity index is 434. The Morgan fingerprint density at radius 2 is 1.88 bits per heavy atom. The molecule has 0 atom stereocenters. The van der Waals surface area contributed by atoms with Gasteiger partial charge in [-0.05, 0) is 27.7 Å². The summed E-state index contributed by atoms with van der Waals surface area (Å²) >= 11 is 8.20. The van der Waals surface area contributed by atoms with Crippen molar-refractivity contribution in [3.8, 4) is 0 Å². The summed E-state index contributed by atoms with van der Waals surface area (Å²) in [6, 6.07) is 0. The van der Waals surface area contributed by atoms with Crippen molar-refractivity contribution in [1.29, 1.82) is 0 Å². The summed E-state index contributed by atoms with van der Waals surface area (Å²) in [4.78, 5) is 11.2. The molecule has 1 aromatic heterocycles. The van der Waals surface area contributed by atoms with Crippen molar-refractivity contribution in [2.75, 3.05) is 23.7 Å². The minimum Gasteiger partial charge on any atom is -0.352 e. The summed E-state index contributed by atoms with van der Waals surface area (Å²) in [5.41, 5.74) is 1.87. The zero-order chi connectivity index (χ0) is 12.6. The van der Waals surface area contributed by atoms with Gasteiger partial charge in [0.2, 0.25) is 0 Å². The number of aromatic nitrogens is 2. The Morgan fingerprint density at radius 3 is 2.53 bits per heavy atom. The van der Waals surface area contributed by atoms with Gasteiger partial charge in [0.05, 0.1) is 11.4 Å². The minimum atomic E-state index is 0.252. The molecule has 1 aliphatic rings. The molecule has 0 saturated carbocycles. The summed E-state index contributed by atoms with van der Waals surface area (Å²) in [6.45, 7) is 10.4. The van der Waals surface area contributed by atoms with Gasteiger partial charge in [0.1, 0.15) is 0 Å². The minimum absolute atomic E-state index is 0.252. The predicted octanol–water partition coefficient (Wildman–Crippen LogP) is 3.08. The standard InChI is InChI=1S/C12H18ClN3S/c1-8-9(2)15-11(10(13)14-8)16-5-6-17-12(3,4)7-16/h5-7H2,1-4H3. The maximum Gasteiger partial charge on any atom is 0.171 e. The molecule has 1 aliphatic heterocycles. The van der Waals surface area contributed by atoms with E-state index < -0.39 is 0 Å². The van der Waals surface area contributed by atoms with Crippen molar-refractivity contribution in [3.63, 3.8) is 0 Å². The topological polar surface area (TPSA) is 29.0 Å². The van der Waals surface area contributed by atoms with Gasteiger partial charge in [0.25, 0.3) is 0 Å². The highest BCUT2D eigenvalue weighted by atomic mass is 35.5. The average molecular weight is 272 g/mol. The molecule has 0 aliphatic carbocycles. The number of halogens is 1. The van der Waals surface area contributed by atoms with Crippen LogP contribution in [0.3, 0.4) is 0 Å². The molecule has 0 unspecified atom stereocenters. The van der Waals surface area contributed by atoms with E-state index in [4.69, 9.17) is 11.6 Å². The number of anilines is 1. The van der Waals surface area contributed by atoms with Crippen LogP contribution in [0.15, 0.2) is 0 Å². The summed E-state index contributed by atoms with van der Waals surface area (Å²) in [7, 11) is 0. The van der Waals surface area contributed by atoms with Crippen molar-refractivity contribution in [1.82, 2.24) is 9.97 Å². The van der Waals surface area contributed by atoms with Gasteiger partial charge in [-0.2, -0.15) is 11.8 Å². The van der Waals surface area contributed by atoms with E-state index in [1.807, 2.05) is 25.6 Å². The molecule has 0 radical (unpaired) electrons. The maximum atomic E-state index is 6.21. The highest BCUT2D eigenvalue weighted by Crippen LogP contribution is 2.33. The van der Waals surface area contributed by atoms with Gasteiger partial charge in [-0.1, -0.05) is 11.6 Å². The lowest BCUT2D eigenvalue weighted by Gasteiger charge is -2.38. The Hall–Kier alpha value is -0.480. The van der Waals surface area contributed by atoms with Crippen LogP contribution in [0, 0.1) is 13.8 Å². The van der Waals surface area contributed by atoms with Crippen LogP contribution in [-0.4, -0.2) is 33.6 Å². The molecule has 3 nitrogen and oxygen atoms in total. The number of hydrogen-bond acceptors (Lipinski definition) is 4. The second-order valence-corrected chi connectivity index (χ2v) is 7.20. The molecule has 2 rings (SSSR count). The van der Waals surface area contributed by atoms with Crippen molar-refractivity contribution in [3.05, 3.63) is 16.5 Å². The average Bonchev–Trinajstić information content (AvgIpc) is 2.22. The van der Waals surface area contributed by atoms with Crippen LogP contribution >= 0.6 is 23.4 Å². The fraction of sp³-hybridized carbons (Fsp3) is 0.667.